The molecule has 17 heavy (non-hydrogen) atoms. The molecule has 0 unspecified atom stereocenters. The van der Waals surface area contributed by atoms with Crippen LogP contribution in [0.3, 0.4) is 0 Å². The average molecular weight is 236 g/mol. The number of carboxylic acids is 1. The second kappa shape index (κ2) is 4.86. The van der Waals surface area contributed by atoms with E-state index in [0.717, 1.165) is 24.8 Å². The third-order valence-electron chi connectivity index (χ3n) is 3.83. The van der Waals surface area contributed by atoms with E-state index < -0.39 is 5.97 Å². The fourth-order valence-electron chi connectivity index (χ4n) is 2.80. The van der Waals surface area contributed by atoms with Crippen molar-refractivity contribution in [1.82, 2.24) is 0 Å². The highest BCUT2D eigenvalue weighted by molar-refractivity contribution is 5.70. The van der Waals surface area contributed by atoms with Crippen LogP contribution in [0, 0.1) is 17.7 Å². The summed E-state index contributed by atoms with van der Waals surface area (Å²) in [6.45, 7) is 1.99. The number of hydrogen-bond acceptors (Lipinski definition) is 1. The monoisotopic (exact) mass is 236 g/mol. The molecule has 3 heteroatoms. The Labute approximate surface area is 100 Å². The van der Waals surface area contributed by atoms with Gasteiger partial charge in [0.15, 0.2) is 0 Å². The van der Waals surface area contributed by atoms with E-state index in [2.05, 4.69) is 0 Å². The Hall–Kier alpha value is -1.38. The largest absolute Gasteiger partial charge is 0.481 e. The Morgan fingerprint density at radius 3 is 2.47 bits per heavy atom. The first-order chi connectivity index (χ1) is 8.08. The summed E-state index contributed by atoms with van der Waals surface area (Å²) >= 11 is 0. The predicted molar refractivity (Wildman–Crippen MR) is 63.3 cm³/mol. The molecule has 1 aliphatic rings. The van der Waals surface area contributed by atoms with E-state index in [-0.39, 0.29) is 17.7 Å². The topological polar surface area (TPSA) is 37.3 Å². The molecule has 0 bridgehead atoms. The molecule has 0 aromatic heterocycles. The van der Waals surface area contributed by atoms with Crippen LogP contribution in [0.25, 0.3) is 0 Å². The summed E-state index contributed by atoms with van der Waals surface area (Å²) in [5.41, 5.74) is 1.13. The molecule has 0 amide bonds. The Morgan fingerprint density at radius 2 is 1.94 bits per heavy atom. The van der Waals surface area contributed by atoms with Gasteiger partial charge in [-0.1, -0.05) is 19.1 Å². The number of rotatable bonds is 2. The van der Waals surface area contributed by atoms with Gasteiger partial charge in [0.05, 0.1) is 5.92 Å². The van der Waals surface area contributed by atoms with Crippen LogP contribution in [0.2, 0.25) is 0 Å². The Balaban J connectivity index is 2.06. The number of aliphatic carboxylic acids is 1. The number of hydrogen-bond donors (Lipinski definition) is 1. The quantitative estimate of drug-likeness (QED) is 0.854. The molecule has 0 spiro atoms. The van der Waals surface area contributed by atoms with Crippen LogP contribution in [0.5, 0.6) is 0 Å². The third-order valence-corrected chi connectivity index (χ3v) is 3.83. The first-order valence-electron chi connectivity index (χ1n) is 6.06. The fourth-order valence-corrected chi connectivity index (χ4v) is 2.80. The summed E-state index contributed by atoms with van der Waals surface area (Å²) in [6.07, 6.45) is 2.48. The van der Waals surface area contributed by atoms with Crippen molar-refractivity contribution in [1.29, 1.82) is 0 Å². The lowest BCUT2D eigenvalue weighted by Gasteiger charge is -2.32. The van der Waals surface area contributed by atoms with Gasteiger partial charge in [0.25, 0.3) is 0 Å². The van der Waals surface area contributed by atoms with Crippen molar-refractivity contribution in [3.8, 4) is 0 Å². The second-order valence-electron chi connectivity index (χ2n) is 4.98. The van der Waals surface area contributed by atoms with Crippen molar-refractivity contribution < 1.29 is 14.3 Å². The Morgan fingerprint density at radius 1 is 1.29 bits per heavy atom. The van der Waals surface area contributed by atoms with E-state index in [0.29, 0.717) is 5.92 Å². The van der Waals surface area contributed by atoms with Gasteiger partial charge in [0.1, 0.15) is 5.82 Å². The highest BCUT2D eigenvalue weighted by Crippen LogP contribution is 2.39. The average Bonchev–Trinajstić information content (AvgIpc) is 2.29. The summed E-state index contributed by atoms with van der Waals surface area (Å²) in [5.74, 6) is -0.555. The van der Waals surface area contributed by atoms with Crippen molar-refractivity contribution >= 4 is 5.97 Å². The molecule has 92 valence electrons. The Kier molecular flexibility index (Phi) is 3.46. The molecular weight excluding hydrogens is 219 g/mol. The van der Waals surface area contributed by atoms with Crippen LogP contribution < -0.4 is 0 Å². The Bertz CT molecular complexity index is 399. The minimum atomic E-state index is -0.685. The normalized spacial score (nSPS) is 28.9. The molecule has 1 fully saturated rings. The van der Waals surface area contributed by atoms with Gasteiger partial charge >= 0.3 is 5.97 Å². The molecule has 0 radical (unpaired) electrons. The summed E-state index contributed by atoms with van der Waals surface area (Å²) in [7, 11) is 0. The molecule has 2 rings (SSSR count). The molecule has 1 saturated carbocycles. The molecule has 1 aliphatic carbocycles. The van der Waals surface area contributed by atoms with Gasteiger partial charge in [-0.15, -0.1) is 0 Å². The zero-order valence-corrected chi connectivity index (χ0v) is 9.90. The predicted octanol–water partition coefficient (Wildman–Crippen LogP) is 3.43. The zero-order valence-electron chi connectivity index (χ0n) is 9.90. The maximum absolute atomic E-state index is 12.8. The first kappa shape index (κ1) is 12.1. The number of benzene rings is 1. The van der Waals surface area contributed by atoms with Gasteiger partial charge in [-0.25, -0.2) is 4.39 Å². The van der Waals surface area contributed by atoms with E-state index in [9.17, 15) is 9.18 Å². The van der Waals surface area contributed by atoms with Crippen LogP contribution >= 0.6 is 0 Å². The molecule has 1 N–H and O–H groups in total. The van der Waals surface area contributed by atoms with Gasteiger partial charge in [-0.3, -0.25) is 4.79 Å². The maximum Gasteiger partial charge on any atom is 0.306 e. The van der Waals surface area contributed by atoms with Gasteiger partial charge < -0.3 is 5.11 Å². The van der Waals surface area contributed by atoms with Crippen molar-refractivity contribution in [2.45, 2.75) is 32.1 Å². The van der Waals surface area contributed by atoms with Crippen LogP contribution in [0.15, 0.2) is 24.3 Å². The van der Waals surface area contributed by atoms with E-state index in [1.807, 2.05) is 19.1 Å². The lowest BCUT2D eigenvalue weighted by Crippen LogP contribution is -2.28. The molecule has 1 aromatic carbocycles. The third kappa shape index (κ3) is 2.65. The van der Waals surface area contributed by atoms with Gasteiger partial charge in [0.2, 0.25) is 0 Å². The molecule has 0 heterocycles. The van der Waals surface area contributed by atoms with E-state index in [4.69, 9.17) is 5.11 Å². The smallest absolute Gasteiger partial charge is 0.306 e. The standard InChI is InChI=1S/C14H17FO2/c1-9-8-11(4-7-13(9)14(16)17)10-2-5-12(15)6-3-10/h2-3,5-6,9,11,13H,4,7-8H2,1H3,(H,16,17)/t9-,11-,13+/m0/s1. The second-order valence-corrected chi connectivity index (χ2v) is 4.98. The molecular formula is C14H17FO2. The molecule has 2 nitrogen and oxygen atoms in total. The minimum Gasteiger partial charge on any atom is -0.481 e. The number of carboxylic acid groups (broad SMARTS) is 1. The molecule has 0 saturated heterocycles. The fraction of sp³-hybridized carbons (Fsp3) is 0.500. The van der Waals surface area contributed by atoms with E-state index in [1.54, 1.807) is 0 Å². The maximum atomic E-state index is 12.8. The first-order valence-corrected chi connectivity index (χ1v) is 6.06. The lowest BCUT2D eigenvalue weighted by atomic mass is 9.73. The van der Waals surface area contributed by atoms with Gasteiger partial charge in [-0.05, 0) is 48.8 Å². The highest BCUT2D eigenvalue weighted by atomic mass is 19.1. The van der Waals surface area contributed by atoms with Crippen molar-refractivity contribution in [3.05, 3.63) is 35.6 Å². The summed E-state index contributed by atoms with van der Waals surface area (Å²) in [6, 6.07) is 6.58. The van der Waals surface area contributed by atoms with Gasteiger partial charge in [-0.2, -0.15) is 0 Å². The summed E-state index contributed by atoms with van der Waals surface area (Å²) in [5, 5.41) is 9.05. The van der Waals surface area contributed by atoms with Crippen molar-refractivity contribution in [2.75, 3.05) is 0 Å². The molecule has 3 atom stereocenters. The summed E-state index contributed by atoms with van der Waals surface area (Å²) in [4.78, 5) is 11.0. The highest BCUT2D eigenvalue weighted by Gasteiger charge is 2.32. The van der Waals surface area contributed by atoms with Crippen LogP contribution in [-0.2, 0) is 4.79 Å². The SMILES string of the molecule is C[C@H]1C[C@@H](c2ccc(F)cc2)CC[C@H]1C(=O)O. The van der Waals surface area contributed by atoms with Crippen molar-refractivity contribution in [3.63, 3.8) is 0 Å². The van der Waals surface area contributed by atoms with Crippen molar-refractivity contribution in [2.24, 2.45) is 11.8 Å². The van der Waals surface area contributed by atoms with Crippen LogP contribution in [0.4, 0.5) is 4.39 Å². The number of carbonyl (C=O) groups is 1. The van der Waals surface area contributed by atoms with E-state index in [1.165, 1.54) is 12.1 Å². The van der Waals surface area contributed by atoms with E-state index >= 15 is 0 Å². The number of halogens is 1. The molecule has 0 aliphatic heterocycles. The van der Waals surface area contributed by atoms with Crippen LogP contribution in [0.1, 0.15) is 37.7 Å². The molecule has 1 aromatic rings. The van der Waals surface area contributed by atoms with Gasteiger partial charge in [0, 0.05) is 0 Å². The van der Waals surface area contributed by atoms with Crippen LogP contribution in [-0.4, -0.2) is 11.1 Å². The minimum absolute atomic E-state index is 0.191. The summed E-state index contributed by atoms with van der Waals surface area (Å²) < 4.78 is 12.8. The lowest BCUT2D eigenvalue weighted by molar-refractivity contribution is -0.144. The zero-order chi connectivity index (χ0) is 12.4.